The van der Waals surface area contributed by atoms with Gasteiger partial charge in [-0.15, -0.1) is 0 Å². The molecule has 0 saturated heterocycles. The average Bonchev–Trinajstić information content (AvgIpc) is 2.53. The van der Waals surface area contributed by atoms with E-state index in [9.17, 15) is 9.59 Å². The van der Waals surface area contributed by atoms with Gasteiger partial charge in [-0.3, -0.25) is 9.59 Å². The first kappa shape index (κ1) is 16.9. The van der Waals surface area contributed by atoms with E-state index < -0.39 is 0 Å². The van der Waals surface area contributed by atoms with Crippen LogP contribution in [0.5, 0.6) is 0 Å². The van der Waals surface area contributed by atoms with Gasteiger partial charge in [0.25, 0.3) is 5.56 Å². The Balaban J connectivity index is 1.69. The maximum atomic E-state index is 12.6. The molecule has 2 heterocycles. The van der Waals surface area contributed by atoms with Crippen LogP contribution in [0.2, 0.25) is 0 Å². The van der Waals surface area contributed by atoms with Gasteiger partial charge >= 0.3 is 0 Å². The maximum Gasteiger partial charge on any atom is 0.254 e. The van der Waals surface area contributed by atoms with Crippen molar-refractivity contribution in [2.75, 3.05) is 6.54 Å². The predicted octanol–water partition coefficient (Wildman–Crippen LogP) is 2.67. The number of aryl methyl sites for hydroxylation is 2. The van der Waals surface area contributed by atoms with Crippen molar-refractivity contribution in [3.8, 4) is 0 Å². The minimum Gasteiger partial charge on any atom is -0.338 e. The molecular formula is C18H20BrN3O2. The molecule has 1 aromatic heterocycles. The Bertz CT molecular complexity index is 845. The third-order valence-electron chi connectivity index (χ3n) is 4.50. The van der Waals surface area contributed by atoms with Crippen molar-refractivity contribution < 1.29 is 4.79 Å². The second kappa shape index (κ2) is 6.89. The van der Waals surface area contributed by atoms with Crippen molar-refractivity contribution in [3.63, 3.8) is 0 Å². The SMILES string of the molecule is Cc1nc(C)c(CCC(=O)N2CCc3cccc(Br)c3C2)c(=O)[nH]1. The summed E-state index contributed by atoms with van der Waals surface area (Å²) in [4.78, 5) is 33.4. The molecule has 126 valence electrons. The molecule has 0 fully saturated rings. The molecule has 0 atom stereocenters. The number of carbonyl (C=O) groups is 1. The Hall–Kier alpha value is -1.95. The van der Waals surface area contributed by atoms with E-state index in [1.54, 1.807) is 6.92 Å². The summed E-state index contributed by atoms with van der Waals surface area (Å²) < 4.78 is 1.05. The highest BCUT2D eigenvalue weighted by Gasteiger charge is 2.22. The smallest absolute Gasteiger partial charge is 0.254 e. The van der Waals surface area contributed by atoms with Crippen LogP contribution in [-0.2, 0) is 24.2 Å². The molecule has 1 N–H and O–H groups in total. The van der Waals surface area contributed by atoms with Crippen LogP contribution in [0.15, 0.2) is 27.5 Å². The summed E-state index contributed by atoms with van der Waals surface area (Å²) in [6.07, 6.45) is 1.62. The van der Waals surface area contributed by atoms with Crippen molar-refractivity contribution >= 4 is 21.8 Å². The minimum absolute atomic E-state index is 0.0794. The Morgan fingerprint density at radius 1 is 1.38 bits per heavy atom. The third-order valence-corrected chi connectivity index (χ3v) is 5.24. The fourth-order valence-corrected chi connectivity index (χ4v) is 3.72. The number of benzene rings is 1. The maximum absolute atomic E-state index is 12.6. The molecule has 0 unspecified atom stereocenters. The van der Waals surface area contributed by atoms with E-state index in [-0.39, 0.29) is 11.5 Å². The van der Waals surface area contributed by atoms with Crippen LogP contribution >= 0.6 is 15.9 Å². The van der Waals surface area contributed by atoms with E-state index in [1.807, 2.05) is 24.0 Å². The Labute approximate surface area is 149 Å². The zero-order valence-electron chi connectivity index (χ0n) is 13.9. The number of hydrogen-bond donors (Lipinski definition) is 1. The van der Waals surface area contributed by atoms with Crippen molar-refractivity contribution in [1.82, 2.24) is 14.9 Å². The molecular weight excluding hydrogens is 370 g/mol. The van der Waals surface area contributed by atoms with Crippen LogP contribution < -0.4 is 5.56 Å². The van der Waals surface area contributed by atoms with Crippen molar-refractivity contribution in [1.29, 1.82) is 0 Å². The largest absolute Gasteiger partial charge is 0.338 e. The summed E-state index contributed by atoms with van der Waals surface area (Å²) in [6, 6.07) is 6.15. The molecule has 1 aliphatic heterocycles. The van der Waals surface area contributed by atoms with Gasteiger partial charge in [0.2, 0.25) is 5.91 Å². The number of rotatable bonds is 3. The van der Waals surface area contributed by atoms with E-state index in [1.165, 1.54) is 11.1 Å². The molecule has 1 amide bonds. The Morgan fingerprint density at radius 2 is 2.17 bits per heavy atom. The number of halogens is 1. The van der Waals surface area contributed by atoms with Crippen molar-refractivity contribution in [2.24, 2.45) is 0 Å². The van der Waals surface area contributed by atoms with Gasteiger partial charge in [-0.2, -0.15) is 0 Å². The molecule has 3 rings (SSSR count). The minimum atomic E-state index is -0.139. The summed E-state index contributed by atoms with van der Waals surface area (Å²) >= 11 is 3.57. The number of aromatic nitrogens is 2. The second-order valence-electron chi connectivity index (χ2n) is 6.16. The van der Waals surface area contributed by atoms with Gasteiger partial charge in [-0.05, 0) is 43.9 Å². The lowest BCUT2D eigenvalue weighted by Gasteiger charge is -2.29. The first-order valence-corrected chi connectivity index (χ1v) is 8.85. The summed E-state index contributed by atoms with van der Waals surface area (Å²) in [5, 5.41) is 0. The number of nitrogens with one attached hydrogen (secondary N) is 1. The van der Waals surface area contributed by atoms with Gasteiger partial charge in [0.1, 0.15) is 5.82 Å². The van der Waals surface area contributed by atoms with Gasteiger partial charge in [0, 0.05) is 35.2 Å². The summed E-state index contributed by atoms with van der Waals surface area (Å²) in [6.45, 7) is 4.92. The first-order chi connectivity index (χ1) is 11.5. The fraction of sp³-hybridized carbons (Fsp3) is 0.389. The Morgan fingerprint density at radius 3 is 2.92 bits per heavy atom. The number of nitrogens with zero attached hydrogens (tertiary/aromatic N) is 2. The standard InChI is InChI=1S/C18H20BrN3O2/c1-11-14(18(24)21-12(2)20-11)6-7-17(23)22-9-8-13-4-3-5-16(19)15(13)10-22/h3-5H,6-10H2,1-2H3,(H,20,21,24). The summed E-state index contributed by atoms with van der Waals surface area (Å²) in [7, 11) is 0. The lowest BCUT2D eigenvalue weighted by Crippen LogP contribution is -2.36. The highest BCUT2D eigenvalue weighted by molar-refractivity contribution is 9.10. The predicted molar refractivity (Wildman–Crippen MR) is 95.9 cm³/mol. The van der Waals surface area contributed by atoms with Gasteiger partial charge in [-0.1, -0.05) is 28.1 Å². The fourth-order valence-electron chi connectivity index (χ4n) is 3.19. The zero-order chi connectivity index (χ0) is 17.3. The monoisotopic (exact) mass is 389 g/mol. The van der Waals surface area contributed by atoms with E-state index in [0.29, 0.717) is 36.5 Å². The highest BCUT2D eigenvalue weighted by atomic mass is 79.9. The summed E-state index contributed by atoms with van der Waals surface area (Å²) in [5.41, 5.74) is 3.65. The lowest BCUT2D eigenvalue weighted by molar-refractivity contribution is -0.132. The molecule has 1 aliphatic rings. The summed E-state index contributed by atoms with van der Waals surface area (Å²) in [5.74, 6) is 0.681. The molecule has 5 nitrogen and oxygen atoms in total. The molecule has 2 aromatic rings. The van der Waals surface area contributed by atoms with Crippen LogP contribution in [-0.4, -0.2) is 27.3 Å². The quantitative estimate of drug-likeness (QED) is 0.877. The van der Waals surface area contributed by atoms with Gasteiger partial charge in [-0.25, -0.2) is 4.98 Å². The van der Waals surface area contributed by atoms with Crippen LogP contribution in [0.4, 0.5) is 0 Å². The number of H-pyrrole nitrogens is 1. The number of hydrogen-bond acceptors (Lipinski definition) is 3. The zero-order valence-corrected chi connectivity index (χ0v) is 15.4. The molecule has 0 spiro atoms. The molecule has 0 radical (unpaired) electrons. The van der Waals surface area contributed by atoms with E-state index in [2.05, 4.69) is 32.0 Å². The van der Waals surface area contributed by atoms with Crippen LogP contribution in [0.3, 0.4) is 0 Å². The molecule has 6 heteroatoms. The van der Waals surface area contributed by atoms with E-state index in [4.69, 9.17) is 0 Å². The number of fused-ring (bicyclic) bond motifs is 1. The van der Waals surface area contributed by atoms with Gasteiger partial charge in [0.05, 0.1) is 0 Å². The Kier molecular flexibility index (Phi) is 4.85. The van der Waals surface area contributed by atoms with E-state index in [0.717, 1.165) is 17.4 Å². The lowest BCUT2D eigenvalue weighted by atomic mass is 9.99. The molecule has 24 heavy (non-hydrogen) atoms. The van der Waals surface area contributed by atoms with Gasteiger partial charge in [0.15, 0.2) is 0 Å². The normalized spacial score (nSPS) is 13.7. The van der Waals surface area contributed by atoms with Crippen LogP contribution in [0.25, 0.3) is 0 Å². The van der Waals surface area contributed by atoms with Gasteiger partial charge < -0.3 is 9.88 Å². The number of carbonyl (C=O) groups excluding carboxylic acids is 1. The topological polar surface area (TPSA) is 66.1 Å². The highest BCUT2D eigenvalue weighted by Crippen LogP contribution is 2.26. The first-order valence-electron chi connectivity index (χ1n) is 8.06. The molecule has 0 bridgehead atoms. The van der Waals surface area contributed by atoms with E-state index >= 15 is 0 Å². The molecule has 0 saturated carbocycles. The van der Waals surface area contributed by atoms with Crippen molar-refractivity contribution in [2.45, 2.75) is 39.7 Å². The van der Waals surface area contributed by atoms with Crippen molar-refractivity contribution in [3.05, 3.63) is 61.2 Å². The van der Waals surface area contributed by atoms with Crippen LogP contribution in [0.1, 0.15) is 34.6 Å². The molecule has 1 aromatic carbocycles. The average molecular weight is 390 g/mol. The van der Waals surface area contributed by atoms with Crippen LogP contribution in [0, 0.1) is 13.8 Å². The third kappa shape index (κ3) is 3.43. The second-order valence-corrected chi connectivity index (χ2v) is 7.01. The number of amides is 1. The molecule has 0 aliphatic carbocycles. The number of aromatic amines is 1.